The Morgan fingerprint density at radius 2 is 1.93 bits per heavy atom. The minimum Gasteiger partial charge on any atom is -0.481 e. The lowest BCUT2D eigenvalue weighted by molar-refractivity contribution is 0.398. The number of fused-ring (bicyclic) bond motifs is 1. The largest absolute Gasteiger partial charge is 0.481 e. The van der Waals surface area contributed by atoms with Crippen LogP contribution in [-0.4, -0.2) is 22.1 Å². The van der Waals surface area contributed by atoms with Crippen molar-refractivity contribution in [3.63, 3.8) is 0 Å². The topological polar surface area (TPSA) is 98.0 Å². The Morgan fingerprint density at radius 3 is 2.82 bits per heavy atom. The SMILES string of the molecule is COc1cc(Nc2ccc(N)c(NCc3ccc4ncccc4c3)n2)ccn1. The molecule has 3 aromatic heterocycles. The number of pyridine rings is 3. The second kappa shape index (κ2) is 7.79. The van der Waals surface area contributed by atoms with Crippen molar-refractivity contribution in [3.8, 4) is 5.88 Å². The molecule has 4 aromatic rings. The third-order valence-corrected chi connectivity index (χ3v) is 4.27. The van der Waals surface area contributed by atoms with Crippen LogP contribution < -0.4 is 21.1 Å². The number of benzene rings is 1. The second-order valence-corrected chi connectivity index (χ2v) is 6.23. The van der Waals surface area contributed by atoms with Gasteiger partial charge in [0.25, 0.3) is 0 Å². The molecule has 0 spiro atoms. The second-order valence-electron chi connectivity index (χ2n) is 6.23. The lowest BCUT2D eigenvalue weighted by atomic mass is 10.1. The Kier molecular flexibility index (Phi) is 4.88. The average molecular weight is 372 g/mol. The molecule has 4 rings (SSSR count). The maximum atomic E-state index is 6.09. The van der Waals surface area contributed by atoms with Gasteiger partial charge in [-0.1, -0.05) is 12.1 Å². The van der Waals surface area contributed by atoms with Crippen LogP contribution in [0.1, 0.15) is 5.56 Å². The van der Waals surface area contributed by atoms with Gasteiger partial charge in [0.1, 0.15) is 5.82 Å². The molecule has 3 heterocycles. The van der Waals surface area contributed by atoms with E-state index in [9.17, 15) is 0 Å². The molecule has 0 aliphatic rings. The highest BCUT2D eigenvalue weighted by Crippen LogP contribution is 2.23. The molecule has 0 amide bonds. The van der Waals surface area contributed by atoms with Crippen molar-refractivity contribution < 1.29 is 4.74 Å². The minimum atomic E-state index is 0.532. The van der Waals surface area contributed by atoms with Crippen LogP contribution in [0, 0.1) is 0 Å². The molecule has 0 bridgehead atoms. The van der Waals surface area contributed by atoms with Crippen LogP contribution >= 0.6 is 0 Å². The molecule has 0 saturated heterocycles. The summed E-state index contributed by atoms with van der Waals surface area (Å²) in [7, 11) is 1.58. The third-order valence-electron chi connectivity index (χ3n) is 4.27. The summed E-state index contributed by atoms with van der Waals surface area (Å²) in [5, 5.41) is 7.64. The van der Waals surface area contributed by atoms with E-state index < -0.39 is 0 Å². The van der Waals surface area contributed by atoms with Crippen molar-refractivity contribution in [2.24, 2.45) is 0 Å². The van der Waals surface area contributed by atoms with Crippen molar-refractivity contribution in [1.82, 2.24) is 15.0 Å². The van der Waals surface area contributed by atoms with Gasteiger partial charge in [0.2, 0.25) is 5.88 Å². The monoisotopic (exact) mass is 372 g/mol. The number of ether oxygens (including phenoxy) is 1. The van der Waals surface area contributed by atoms with E-state index in [1.165, 1.54) is 0 Å². The molecular formula is C21H20N6O. The van der Waals surface area contributed by atoms with Gasteiger partial charge in [0.15, 0.2) is 5.82 Å². The first-order valence-corrected chi connectivity index (χ1v) is 8.82. The summed E-state index contributed by atoms with van der Waals surface area (Å²) in [5.74, 6) is 1.83. The Bertz CT molecular complexity index is 1110. The Balaban J connectivity index is 1.50. The highest BCUT2D eigenvalue weighted by Gasteiger charge is 2.05. The van der Waals surface area contributed by atoms with E-state index in [-0.39, 0.29) is 0 Å². The molecule has 28 heavy (non-hydrogen) atoms. The van der Waals surface area contributed by atoms with E-state index in [0.29, 0.717) is 29.7 Å². The van der Waals surface area contributed by atoms with Crippen LogP contribution in [0.15, 0.2) is 67.0 Å². The van der Waals surface area contributed by atoms with Gasteiger partial charge in [-0.05, 0) is 42.0 Å². The summed E-state index contributed by atoms with van der Waals surface area (Å²) in [4.78, 5) is 13.0. The molecule has 140 valence electrons. The lowest BCUT2D eigenvalue weighted by Crippen LogP contribution is -2.06. The first-order chi connectivity index (χ1) is 13.7. The average Bonchev–Trinajstić information content (AvgIpc) is 2.74. The van der Waals surface area contributed by atoms with Crippen LogP contribution in [0.4, 0.5) is 23.0 Å². The van der Waals surface area contributed by atoms with Crippen LogP contribution in [0.3, 0.4) is 0 Å². The van der Waals surface area contributed by atoms with Gasteiger partial charge in [-0.15, -0.1) is 0 Å². The number of nitrogens with two attached hydrogens (primary N) is 1. The van der Waals surface area contributed by atoms with Gasteiger partial charge >= 0.3 is 0 Å². The van der Waals surface area contributed by atoms with Crippen molar-refractivity contribution >= 4 is 33.9 Å². The predicted molar refractivity (Wildman–Crippen MR) is 112 cm³/mol. The lowest BCUT2D eigenvalue weighted by Gasteiger charge is -2.12. The van der Waals surface area contributed by atoms with Crippen molar-refractivity contribution in [3.05, 3.63) is 72.6 Å². The molecule has 0 aliphatic heterocycles. The summed E-state index contributed by atoms with van der Waals surface area (Å²) < 4.78 is 5.15. The smallest absolute Gasteiger partial charge is 0.214 e. The van der Waals surface area contributed by atoms with Crippen molar-refractivity contribution in [1.29, 1.82) is 0 Å². The number of nitrogen functional groups attached to an aromatic ring is 1. The Hall–Kier alpha value is -3.87. The molecule has 7 nitrogen and oxygen atoms in total. The summed E-state index contributed by atoms with van der Waals surface area (Å²) in [6, 6.07) is 17.4. The molecule has 0 radical (unpaired) electrons. The predicted octanol–water partition coefficient (Wildman–Crippen LogP) is 3.97. The van der Waals surface area contributed by atoms with Crippen molar-refractivity contribution in [2.75, 3.05) is 23.5 Å². The molecule has 0 fully saturated rings. The summed E-state index contributed by atoms with van der Waals surface area (Å²) in [6.07, 6.45) is 3.47. The molecule has 4 N–H and O–H groups in total. The maximum absolute atomic E-state index is 6.09. The number of aromatic nitrogens is 3. The highest BCUT2D eigenvalue weighted by molar-refractivity contribution is 5.79. The van der Waals surface area contributed by atoms with Crippen LogP contribution in [0.2, 0.25) is 0 Å². The number of methoxy groups -OCH3 is 1. The van der Waals surface area contributed by atoms with Crippen LogP contribution in [0.25, 0.3) is 10.9 Å². The minimum absolute atomic E-state index is 0.532. The number of hydrogen-bond donors (Lipinski definition) is 3. The number of nitrogens with one attached hydrogen (secondary N) is 2. The molecular weight excluding hydrogens is 352 g/mol. The van der Waals surface area contributed by atoms with E-state index >= 15 is 0 Å². The fraction of sp³-hybridized carbons (Fsp3) is 0.0952. The Morgan fingerprint density at radius 1 is 1.00 bits per heavy atom. The van der Waals surface area contributed by atoms with E-state index in [2.05, 4.69) is 31.7 Å². The van der Waals surface area contributed by atoms with Gasteiger partial charge in [-0.3, -0.25) is 4.98 Å². The number of nitrogens with zero attached hydrogens (tertiary/aromatic N) is 3. The van der Waals surface area contributed by atoms with E-state index in [4.69, 9.17) is 10.5 Å². The fourth-order valence-corrected chi connectivity index (χ4v) is 2.85. The first kappa shape index (κ1) is 17.5. The van der Waals surface area contributed by atoms with Crippen LogP contribution in [-0.2, 0) is 6.54 Å². The van der Waals surface area contributed by atoms with E-state index in [0.717, 1.165) is 22.2 Å². The van der Waals surface area contributed by atoms with Gasteiger partial charge in [0.05, 0.1) is 18.3 Å². The summed E-state index contributed by atoms with van der Waals surface area (Å²) in [6.45, 7) is 0.606. The standard InChI is InChI=1S/C21H20N6O/c1-28-20-12-16(8-10-24-20)26-19-7-5-17(22)21(27-19)25-13-14-4-6-18-15(11-14)3-2-9-23-18/h2-12H,13,22H2,1H3,(H2,24,25,26,27). The van der Waals surface area contributed by atoms with Crippen LogP contribution in [0.5, 0.6) is 5.88 Å². The normalized spacial score (nSPS) is 10.6. The van der Waals surface area contributed by atoms with E-state index in [1.807, 2.05) is 42.5 Å². The molecule has 0 unspecified atom stereocenters. The fourth-order valence-electron chi connectivity index (χ4n) is 2.85. The molecule has 7 heteroatoms. The van der Waals surface area contributed by atoms with Gasteiger partial charge in [-0.2, -0.15) is 0 Å². The summed E-state index contributed by atoms with van der Waals surface area (Å²) in [5.41, 5.74) is 9.60. The zero-order chi connectivity index (χ0) is 19.3. The van der Waals surface area contributed by atoms with Gasteiger partial charge in [0, 0.05) is 36.1 Å². The van der Waals surface area contributed by atoms with E-state index in [1.54, 1.807) is 25.6 Å². The number of anilines is 4. The van der Waals surface area contributed by atoms with Crippen molar-refractivity contribution in [2.45, 2.75) is 6.54 Å². The Labute approximate surface area is 162 Å². The zero-order valence-corrected chi connectivity index (χ0v) is 15.4. The number of hydrogen-bond acceptors (Lipinski definition) is 7. The zero-order valence-electron chi connectivity index (χ0n) is 15.4. The molecule has 0 aliphatic carbocycles. The number of rotatable bonds is 6. The third kappa shape index (κ3) is 3.93. The molecule has 0 atom stereocenters. The molecule has 1 aromatic carbocycles. The van der Waals surface area contributed by atoms with Gasteiger partial charge < -0.3 is 21.1 Å². The highest BCUT2D eigenvalue weighted by atomic mass is 16.5. The maximum Gasteiger partial charge on any atom is 0.214 e. The quantitative estimate of drug-likeness (QED) is 0.471. The summed E-state index contributed by atoms with van der Waals surface area (Å²) >= 11 is 0. The van der Waals surface area contributed by atoms with Gasteiger partial charge in [-0.25, -0.2) is 9.97 Å². The first-order valence-electron chi connectivity index (χ1n) is 8.82. The molecule has 0 saturated carbocycles.